The summed E-state index contributed by atoms with van der Waals surface area (Å²) in [6.07, 6.45) is 1.08. The van der Waals surface area contributed by atoms with Gasteiger partial charge in [0.25, 0.3) is 0 Å². The van der Waals surface area contributed by atoms with Crippen LogP contribution in [0.15, 0.2) is 30.3 Å². The normalized spacial score (nSPS) is 10.0. The fourth-order valence-electron chi connectivity index (χ4n) is 1.14. The molecule has 2 N–H and O–H groups in total. The third kappa shape index (κ3) is 6.03. The Morgan fingerprint density at radius 2 is 1.88 bits per heavy atom. The van der Waals surface area contributed by atoms with Crippen LogP contribution in [0.2, 0.25) is 0 Å². The van der Waals surface area contributed by atoms with E-state index in [1.807, 2.05) is 30.3 Å². The molecule has 0 fully saturated rings. The molecule has 1 aromatic rings. The number of carbonyl (C=O) groups is 1. The van der Waals surface area contributed by atoms with Gasteiger partial charge in [-0.2, -0.15) is 0 Å². The van der Waals surface area contributed by atoms with E-state index >= 15 is 0 Å². The number of hydrogen-bond acceptors (Lipinski definition) is 3. The SMILES string of the molecule is NC(=O)CCOCCCOc1ccccc1. The van der Waals surface area contributed by atoms with Crippen LogP contribution in [0.25, 0.3) is 0 Å². The van der Waals surface area contributed by atoms with E-state index in [4.69, 9.17) is 15.2 Å². The van der Waals surface area contributed by atoms with Gasteiger partial charge < -0.3 is 15.2 Å². The fourth-order valence-corrected chi connectivity index (χ4v) is 1.14. The maximum atomic E-state index is 10.4. The van der Waals surface area contributed by atoms with Gasteiger partial charge in [-0.25, -0.2) is 0 Å². The van der Waals surface area contributed by atoms with E-state index in [1.165, 1.54) is 0 Å². The molecule has 1 aromatic carbocycles. The highest BCUT2D eigenvalue weighted by molar-refractivity contribution is 5.73. The maximum absolute atomic E-state index is 10.4. The molecule has 4 heteroatoms. The molecule has 4 nitrogen and oxygen atoms in total. The molecule has 0 unspecified atom stereocenters. The molecule has 0 bridgehead atoms. The second-order valence-electron chi connectivity index (χ2n) is 3.34. The highest BCUT2D eigenvalue weighted by Gasteiger charge is 1.95. The van der Waals surface area contributed by atoms with E-state index < -0.39 is 0 Å². The minimum absolute atomic E-state index is 0.277. The fraction of sp³-hybridized carbons (Fsp3) is 0.417. The molecule has 0 saturated carbocycles. The summed E-state index contributed by atoms with van der Waals surface area (Å²) >= 11 is 0. The number of para-hydroxylation sites is 1. The molecule has 0 atom stereocenters. The van der Waals surface area contributed by atoms with Crippen molar-refractivity contribution in [1.82, 2.24) is 0 Å². The van der Waals surface area contributed by atoms with Crippen LogP contribution in [-0.4, -0.2) is 25.7 Å². The van der Waals surface area contributed by atoms with E-state index in [2.05, 4.69) is 0 Å². The lowest BCUT2D eigenvalue weighted by Crippen LogP contribution is -2.14. The van der Waals surface area contributed by atoms with Gasteiger partial charge in [0, 0.05) is 19.4 Å². The summed E-state index contributed by atoms with van der Waals surface area (Å²) in [6.45, 7) is 1.58. The number of carbonyl (C=O) groups excluding carboxylic acids is 1. The molecule has 0 aliphatic carbocycles. The summed E-state index contributed by atoms with van der Waals surface area (Å²) < 4.78 is 10.7. The van der Waals surface area contributed by atoms with Gasteiger partial charge in [-0.3, -0.25) is 4.79 Å². The van der Waals surface area contributed by atoms with Crippen molar-refractivity contribution in [3.05, 3.63) is 30.3 Å². The van der Waals surface area contributed by atoms with Gasteiger partial charge in [0.15, 0.2) is 0 Å². The van der Waals surface area contributed by atoms with Crippen molar-refractivity contribution in [2.24, 2.45) is 5.73 Å². The number of primary amides is 1. The molecule has 1 rings (SSSR count). The number of rotatable bonds is 8. The first-order valence-corrected chi connectivity index (χ1v) is 5.33. The largest absolute Gasteiger partial charge is 0.494 e. The minimum atomic E-state index is -0.333. The van der Waals surface area contributed by atoms with Gasteiger partial charge in [-0.05, 0) is 12.1 Å². The van der Waals surface area contributed by atoms with Gasteiger partial charge in [-0.1, -0.05) is 18.2 Å². The zero-order chi connectivity index (χ0) is 11.6. The van der Waals surface area contributed by atoms with Crippen molar-refractivity contribution >= 4 is 5.91 Å². The molecule has 16 heavy (non-hydrogen) atoms. The van der Waals surface area contributed by atoms with Crippen molar-refractivity contribution in [3.8, 4) is 5.75 Å². The van der Waals surface area contributed by atoms with Crippen molar-refractivity contribution in [1.29, 1.82) is 0 Å². The molecule has 0 aromatic heterocycles. The Balaban J connectivity index is 1.94. The van der Waals surface area contributed by atoms with Gasteiger partial charge in [0.1, 0.15) is 5.75 Å². The summed E-state index contributed by atoms with van der Waals surface area (Å²) in [5.74, 6) is 0.528. The topological polar surface area (TPSA) is 61.6 Å². The highest BCUT2D eigenvalue weighted by atomic mass is 16.5. The molecule has 0 spiro atoms. The van der Waals surface area contributed by atoms with E-state index in [0.29, 0.717) is 19.8 Å². The molecule has 88 valence electrons. The van der Waals surface area contributed by atoms with Crippen molar-refractivity contribution in [3.63, 3.8) is 0 Å². The van der Waals surface area contributed by atoms with E-state index in [-0.39, 0.29) is 12.3 Å². The van der Waals surface area contributed by atoms with Gasteiger partial charge in [0.2, 0.25) is 5.91 Å². The van der Waals surface area contributed by atoms with E-state index in [9.17, 15) is 4.79 Å². The number of ether oxygens (including phenoxy) is 2. The lowest BCUT2D eigenvalue weighted by atomic mass is 10.3. The van der Waals surface area contributed by atoms with Crippen LogP contribution < -0.4 is 10.5 Å². The Morgan fingerprint density at radius 1 is 1.12 bits per heavy atom. The summed E-state index contributed by atoms with van der Waals surface area (Å²) in [5, 5.41) is 0. The number of nitrogens with two attached hydrogens (primary N) is 1. The lowest BCUT2D eigenvalue weighted by molar-refractivity contribution is -0.119. The average molecular weight is 223 g/mol. The number of hydrogen-bond donors (Lipinski definition) is 1. The van der Waals surface area contributed by atoms with Crippen LogP contribution in [0.3, 0.4) is 0 Å². The third-order valence-corrected chi connectivity index (χ3v) is 1.94. The first kappa shape index (κ1) is 12.5. The molecular formula is C12H17NO3. The Kier molecular flexibility index (Phi) is 6.03. The van der Waals surface area contributed by atoms with Crippen LogP contribution in [0, 0.1) is 0 Å². The van der Waals surface area contributed by atoms with Crippen LogP contribution in [0.1, 0.15) is 12.8 Å². The van der Waals surface area contributed by atoms with Crippen molar-refractivity contribution in [2.75, 3.05) is 19.8 Å². The van der Waals surface area contributed by atoms with Crippen molar-refractivity contribution in [2.45, 2.75) is 12.8 Å². The first-order chi connectivity index (χ1) is 7.79. The van der Waals surface area contributed by atoms with E-state index in [0.717, 1.165) is 12.2 Å². The zero-order valence-electron chi connectivity index (χ0n) is 9.22. The molecule has 1 amide bonds. The Labute approximate surface area is 95.3 Å². The zero-order valence-corrected chi connectivity index (χ0v) is 9.22. The summed E-state index contributed by atoms with van der Waals surface area (Å²) in [5.41, 5.74) is 4.97. The maximum Gasteiger partial charge on any atom is 0.219 e. The predicted octanol–water partition coefficient (Wildman–Crippen LogP) is 1.35. The van der Waals surface area contributed by atoms with Crippen LogP contribution >= 0.6 is 0 Å². The molecular weight excluding hydrogens is 206 g/mol. The van der Waals surface area contributed by atoms with Crippen LogP contribution in [0.5, 0.6) is 5.75 Å². The quantitative estimate of drug-likeness (QED) is 0.677. The summed E-state index contributed by atoms with van der Waals surface area (Å²) in [6, 6.07) is 9.62. The highest BCUT2D eigenvalue weighted by Crippen LogP contribution is 2.08. The Hall–Kier alpha value is -1.55. The third-order valence-electron chi connectivity index (χ3n) is 1.94. The van der Waals surface area contributed by atoms with E-state index in [1.54, 1.807) is 0 Å². The van der Waals surface area contributed by atoms with Gasteiger partial charge >= 0.3 is 0 Å². The van der Waals surface area contributed by atoms with Crippen LogP contribution in [-0.2, 0) is 9.53 Å². The Morgan fingerprint density at radius 3 is 2.56 bits per heavy atom. The smallest absolute Gasteiger partial charge is 0.219 e. The predicted molar refractivity (Wildman–Crippen MR) is 61.2 cm³/mol. The Bertz CT molecular complexity index is 300. The standard InChI is InChI=1S/C12H17NO3/c13-12(14)7-10-15-8-4-9-16-11-5-2-1-3-6-11/h1-3,5-6H,4,7-10H2,(H2,13,14). The summed E-state index contributed by atoms with van der Waals surface area (Å²) in [7, 11) is 0. The minimum Gasteiger partial charge on any atom is -0.494 e. The van der Waals surface area contributed by atoms with Gasteiger partial charge in [0.05, 0.1) is 13.2 Å². The first-order valence-electron chi connectivity index (χ1n) is 5.33. The monoisotopic (exact) mass is 223 g/mol. The molecule has 0 heterocycles. The van der Waals surface area contributed by atoms with Crippen LogP contribution in [0.4, 0.5) is 0 Å². The van der Waals surface area contributed by atoms with Gasteiger partial charge in [-0.15, -0.1) is 0 Å². The second kappa shape index (κ2) is 7.70. The number of amides is 1. The van der Waals surface area contributed by atoms with Crippen molar-refractivity contribution < 1.29 is 14.3 Å². The molecule has 0 radical (unpaired) electrons. The molecule has 0 saturated heterocycles. The molecule has 0 aliphatic rings. The average Bonchev–Trinajstić information content (AvgIpc) is 2.29. The second-order valence-corrected chi connectivity index (χ2v) is 3.34. The molecule has 0 aliphatic heterocycles. The lowest BCUT2D eigenvalue weighted by Gasteiger charge is -2.06. The summed E-state index contributed by atoms with van der Waals surface area (Å²) in [4.78, 5) is 10.4. The number of benzene rings is 1.